The molecule has 0 spiro atoms. The molecule has 7 heteroatoms. The molecule has 0 unspecified atom stereocenters. The van der Waals surface area contributed by atoms with E-state index in [2.05, 4.69) is 16.6 Å². The van der Waals surface area contributed by atoms with Crippen LogP contribution in [-0.4, -0.2) is 53.7 Å². The third kappa shape index (κ3) is 4.61. The Morgan fingerprint density at radius 2 is 2.16 bits per heavy atom. The number of amides is 2. The standard InChI is InChI=1S/C12H18N2O5/c1-3-6-14(8-4-5-8)12(18)13-9(11(16)17)7-10(15)19-2/h3,8-9H,1,4-7H2,2H3,(H,13,18)(H,16,17)/t9-/m0/s1. The molecule has 0 aromatic carbocycles. The topological polar surface area (TPSA) is 95.9 Å². The van der Waals surface area contributed by atoms with E-state index in [4.69, 9.17) is 5.11 Å². The summed E-state index contributed by atoms with van der Waals surface area (Å²) in [5.41, 5.74) is 0. The number of hydrogen-bond acceptors (Lipinski definition) is 4. The largest absolute Gasteiger partial charge is 0.480 e. The second-order valence-corrected chi connectivity index (χ2v) is 4.29. The highest BCUT2D eigenvalue weighted by Crippen LogP contribution is 2.26. The lowest BCUT2D eigenvalue weighted by atomic mass is 10.2. The van der Waals surface area contributed by atoms with Gasteiger partial charge >= 0.3 is 18.0 Å². The van der Waals surface area contributed by atoms with Gasteiger partial charge < -0.3 is 20.1 Å². The average Bonchev–Trinajstić information content (AvgIpc) is 3.18. The lowest BCUT2D eigenvalue weighted by Gasteiger charge is -2.23. The molecule has 0 heterocycles. The van der Waals surface area contributed by atoms with Crippen LogP contribution in [-0.2, 0) is 14.3 Å². The SMILES string of the molecule is C=CCN(C(=O)N[C@@H](CC(=O)OC)C(=O)O)C1CC1. The molecule has 106 valence electrons. The minimum Gasteiger partial charge on any atom is -0.480 e. The molecule has 1 fully saturated rings. The molecule has 0 aromatic rings. The minimum absolute atomic E-state index is 0.130. The molecule has 0 radical (unpaired) electrons. The molecule has 0 aromatic heterocycles. The van der Waals surface area contributed by atoms with Crippen molar-refractivity contribution in [1.82, 2.24) is 10.2 Å². The summed E-state index contributed by atoms with van der Waals surface area (Å²) in [6.45, 7) is 3.91. The first-order valence-corrected chi connectivity index (χ1v) is 5.97. The highest BCUT2D eigenvalue weighted by molar-refractivity contribution is 5.86. The number of aliphatic carboxylic acids is 1. The summed E-state index contributed by atoms with van der Waals surface area (Å²) in [6, 6.07) is -1.66. The van der Waals surface area contributed by atoms with Gasteiger partial charge in [0.05, 0.1) is 13.5 Å². The fourth-order valence-corrected chi connectivity index (χ4v) is 1.61. The summed E-state index contributed by atoms with van der Waals surface area (Å²) >= 11 is 0. The molecule has 2 amide bonds. The van der Waals surface area contributed by atoms with E-state index in [9.17, 15) is 14.4 Å². The van der Waals surface area contributed by atoms with Crippen LogP contribution < -0.4 is 5.32 Å². The molecular weight excluding hydrogens is 252 g/mol. The van der Waals surface area contributed by atoms with Crippen molar-refractivity contribution in [1.29, 1.82) is 0 Å². The fourth-order valence-electron chi connectivity index (χ4n) is 1.61. The summed E-state index contributed by atoms with van der Waals surface area (Å²) in [4.78, 5) is 35.5. The van der Waals surface area contributed by atoms with E-state index in [0.717, 1.165) is 20.0 Å². The van der Waals surface area contributed by atoms with Crippen molar-refractivity contribution >= 4 is 18.0 Å². The number of carboxylic acid groups (broad SMARTS) is 1. The fraction of sp³-hybridized carbons (Fsp3) is 0.583. The van der Waals surface area contributed by atoms with E-state index >= 15 is 0 Å². The van der Waals surface area contributed by atoms with Gasteiger partial charge in [-0.3, -0.25) is 4.79 Å². The summed E-state index contributed by atoms with van der Waals surface area (Å²) in [5, 5.41) is 11.3. The van der Waals surface area contributed by atoms with Crippen LogP contribution in [0.3, 0.4) is 0 Å². The number of urea groups is 1. The maximum Gasteiger partial charge on any atom is 0.326 e. The van der Waals surface area contributed by atoms with Crippen LogP contribution in [0.25, 0.3) is 0 Å². The van der Waals surface area contributed by atoms with Crippen LogP contribution >= 0.6 is 0 Å². The minimum atomic E-state index is -1.29. The molecule has 1 saturated carbocycles. The Morgan fingerprint density at radius 3 is 2.58 bits per heavy atom. The van der Waals surface area contributed by atoms with Crippen LogP contribution in [0.15, 0.2) is 12.7 Å². The predicted octanol–water partition coefficient (Wildman–Crippen LogP) is 0.363. The number of nitrogens with one attached hydrogen (secondary N) is 1. The van der Waals surface area contributed by atoms with Crippen LogP contribution in [0, 0.1) is 0 Å². The number of nitrogens with zero attached hydrogens (tertiary/aromatic N) is 1. The molecule has 1 atom stereocenters. The second-order valence-electron chi connectivity index (χ2n) is 4.29. The van der Waals surface area contributed by atoms with Gasteiger partial charge in [0.15, 0.2) is 0 Å². The molecular formula is C12H18N2O5. The summed E-state index contributed by atoms with van der Waals surface area (Å²) < 4.78 is 4.40. The third-order valence-corrected chi connectivity index (χ3v) is 2.77. The number of carbonyl (C=O) groups is 3. The zero-order valence-electron chi connectivity index (χ0n) is 10.8. The van der Waals surface area contributed by atoms with Crippen LogP contribution in [0.2, 0.25) is 0 Å². The van der Waals surface area contributed by atoms with Gasteiger partial charge in [0.2, 0.25) is 0 Å². The van der Waals surface area contributed by atoms with Crippen molar-refractivity contribution in [2.75, 3.05) is 13.7 Å². The highest BCUT2D eigenvalue weighted by Gasteiger charge is 2.34. The Labute approximate surface area is 111 Å². The molecule has 0 bridgehead atoms. The molecule has 1 rings (SSSR count). The van der Waals surface area contributed by atoms with Gasteiger partial charge in [-0.05, 0) is 12.8 Å². The monoisotopic (exact) mass is 270 g/mol. The van der Waals surface area contributed by atoms with Crippen LogP contribution in [0.5, 0.6) is 0 Å². The Balaban J connectivity index is 2.61. The first kappa shape index (κ1) is 15.0. The molecule has 1 aliphatic rings. The summed E-state index contributed by atoms with van der Waals surface area (Å²) in [7, 11) is 1.16. The number of methoxy groups -OCH3 is 1. The smallest absolute Gasteiger partial charge is 0.326 e. The van der Waals surface area contributed by atoms with E-state index in [1.54, 1.807) is 6.08 Å². The first-order chi connectivity index (χ1) is 8.99. The van der Waals surface area contributed by atoms with Gasteiger partial charge in [-0.2, -0.15) is 0 Å². The van der Waals surface area contributed by atoms with Gasteiger partial charge in [-0.25, -0.2) is 9.59 Å². The van der Waals surface area contributed by atoms with E-state index in [-0.39, 0.29) is 6.04 Å². The molecule has 0 aliphatic heterocycles. The van der Waals surface area contributed by atoms with Crippen LogP contribution in [0.4, 0.5) is 4.79 Å². The number of carbonyl (C=O) groups excluding carboxylic acids is 2. The van der Waals surface area contributed by atoms with E-state index in [1.807, 2.05) is 0 Å². The normalized spacial score (nSPS) is 15.2. The maximum atomic E-state index is 12.0. The summed E-state index contributed by atoms with van der Waals surface area (Å²) in [5.74, 6) is -1.96. The molecule has 19 heavy (non-hydrogen) atoms. The number of carboxylic acids is 1. The summed E-state index contributed by atoms with van der Waals surface area (Å²) in [6.07, 6.45) is 2.98. The molecule has 0 saturated heterocycles. The van der Waals surface area contributed by atoms with Crippen molar-refractivity contribution in [3.05, 3.63) is 12.7 Å². The van der Waals surface area contributed by atoms with Gasteiger partial charge in [0.25, 0.3) is 0 Å². The first-order valence-electron chi connectivity index (χ1n) is 5.97. The zero-order valence-corrected chi connectivity index (χ0v) is 10.8. The van der Waals surface area contributed by atoms with E-state index in [0.29, 0.717) is 6.54 Å². The van der Waals surface area contributed by atoms with Crippen molar-refractivity contribution in [2.24, 2.45) is 0 Å². The van der Waals surface area contributed by atoms with Gasteiger partial charge in [0, 0.05) is 12.6 Å². The lowest BCUT2D eigenvalue weighted by Crippen LogP contribution is -2.49. The van der Waals surface area contributed by atoms with Crippen molar-refractivity contribution < 1.29 is 24.2 Å². The second kappa shape index (κ2) is 6.77. The number of hydrogen-bond donors (Lipinski definition) is 2. The quantitative estimate of drug-likeness (QED) is 0.514. The van der Waals surface area contributed by atoms with Crippen molar-refractivity contribution in [3.8, 4) is 0 Å². The predicted molar refractivity (Wildman–Crippen MR) is 66.5 cm³/mol. The average molecular weight is 270 g/mol. The Kier molecular flexibility index (Phi) is 5.35. The molecule has 1 aliphatic carbocycles. The Bertz CT molecular complexity index is 378. The number of rotatable bonds is 7. The molecule has 2 N–H and O–H groups in total. The number of ether oxygens (including phenoxy) is 1. The number of esters is 1. The third-order valence-electron chi connectivity index (χ3n) is 2.77. The lowest BCUT2D eigenvalue weighted by molar-refractivity contribution is -0.147. The van der Waals surface area contributed by atoms with Gasteiger partial charge in [0.1, 0.15) is 6.04 Å². The van der Waals surface area contributed by atoms with Gasteiger partial charge in [-0.15, -0.1) is 6.58 Å². The van der Waals surface area contributed by atoms with Gasteiger partial charge in [-0.1, -0.05) is 6.08 Å². The van der Waals surface area contributed by atoms with Crippen LogP contribution in [0.1, 0.15) is 19.3 Å². The van der Waals surface area contributed by atoms with Crippen molar-refractivity contribution in [2.45, 2.75) is 31.3 Å². The highest BCUT2D eigenvalue weighted by atomic mass is 16.5. The molecule has 7 nitrogen and oxygen atoms in total. The zero-order chi connectivity index (χ0) is 14.4. The Hall–Kier alpha value is -2.05. The Morgan fingerprint density at radius 1 is 1.53 bits per heavy atom. The maximum absolute atomic E-state index is 12.0. The van der Waals surface area contributed by atoms with Crippen molar-refractivity contribution in [3.63, 3.8) is 0 Å². The van der Waals surface area contributed by atoms with E-state index in [1.165, 1.54) is 4.90 Å². The van der Waals surface area contributed by atoms with E-state index < -0.39 is 30.4 Å².